The first kappa shape index (κ1) is 15.2. The molecule has 1 heterocycles. The topological polar surface area (TPSA) is 52.1 Å². The summed E-state index contributed by atoms with van der Waals surface area (Å²) in [6, 6.07) is 23.0. The minimum Gasteiger partial charge on any atom is -0.710 e. The summed E-state index contributed by atoms with van der Waals surface area (Å²) in [6.45, 7) is 0. The molecule has 0 radical (unpaired) electrons. The lowest BCUT2D eigenvalue weighted by atomic mass is 10.00. The fourth-order valence-corrected chi connectivity index (χ4v) is 4.09. The van der Waals surface area contributed by atoms with Gasteiger partial charge in [-0.3, -0.25) is 0 Å². The Morgan fingerprint density at radius 2 is 1.42 bits per heavy atom. The lowest BCUT2D eigenvalue weighted by molar-refractivity contribution is -0.566. The zero-order chi connectivity index (χ0) is 17.8. The van der Waals surface area contributed by atoms with Gasteiger partial charge in [-0.05, 0) is 45.8 Å². The van der Waals surface area contributed by atoms with E-state index in [9.17, 15) is 10.4 Å². The summed E-state index contributed by atoms with van der Waals surface area (Å²) in [5.41, 5.74) is 1.63. The second-order valence-corrected chi connectivity index (χ2v) is 7.14. The molecule has 5 rings (SSSR count). The molecule has 0 saturated carbocycles. The minimum atomic E-state index is 0.197. The Morgan fingerprint density at radius 3 is 2.12 bits per heavy atom. The Balaban J connectivity index is 2.06. The molecule has 0 aliphatic carbocycles. The molecule has 0 fully saturated rings. The van der Waals surface area contributed by atoms with Crippen molar-refractivity contribution in [2.24, 2.45) is 0 Å². The molecule has 0 spiro atoms. The van der Waals surface area contributed by atoms with Crippen LogP contribution in [0.2, 0.25) is 0 Å². The van der Waals surface area contributed by atoms with Crippen LogP contribution in [0.4, 0.5) is 0 Å². The Hall–Kier alpha value is -3.05. The van der Waals surface area contributed by atoms with Crippen LogP contribution in [0.5, 0.6) is 0 Å². The fourth-order valence-electron chi connectivity index (χ4n) is 3.69. The molecule has 1 aromatic heterocycles. The Labute approximate surface area is 157 Å². The molecular weight excluding hydrogens is 392 g/mol. The van der Waals surface area contributed by atoms with E-state index in [4.69, 9.17) is 0 Å². The monoisotopic (exact) mass is 404 g/mol. The van der Waals surface area contributed by atoms with Crippen molar-refractivity contribution in [1.82, 2.24) is 4.73 Å². The van der Waals surface area contributed by atoms with Crippen LogP contribution in [0.3, 0.4) is 0 Å². The maximum atomic E-state index is 13.2. The molecule has 5 heteroatoms. The lowest BCUT2D eigenvalue weighted by Gasteiger charge is -2.06. The maximum absolute atomic E-state index is 13.2. The van der Waals surface area contributed by atoms with Gasteiger partial charge in [0.15, 0.2) is 5.52 Å². The van der Waals surface area contributed by atoms with Crippen molar-refractivity contribution in [3.8, 4) is 11.4 Å². The Bertz CT molecular complexity index is 1250. The van der Waals surface area contributed by atoms with Gasteiger partial charge in [0.2, 0.25) is 5.52 Å². The van der Waals surface area contributed by atoms with E-state index in [1.807, 2.05) is 72.8 Å². The highest BCUT2D eigenvalue weighted by atomic mass is 79.9. The summed E-state index contributed by atoms with van der Waals surface area (Å²) in [6.07, 6.45) is 0. The average molecular weight is 405 g/mol. The predicted octanol–water partition coefficient (Wildman–Crippen LogP) is 5.25. The third-order valence-corrected chi connectivity index (χ3v) is 5.26. The number of halogens is 1. The summed E-state index contributed by atoms with van der Waals surface area (Å²) in [4.78, 5) is 0. The van der Waals surface area contributed by atoms with Gasteiger partial charge in [0.25, 0.3) is 0 Å². The molecule has 0 bridgehead atoms. The summed E-state index contributed by atoms with van der Waals surface area (Å²) in [5.74, 6) is 0.197. The van der Waals surface area contributed by atoms with Crippen molar-refractivity contribution in [2.45, 2.75) is 0 Å². The van der Waals surface area contributed by atoms with Gasteiger partial charge in [0.05, 0.1) is 5.56 Å². The van der Waals surface area contributed by atoms with Gasteiger partial charge in [-0.1, -0.05) is 58.4 Å². The number of aromatic nitrogens is 2. The van der Waals surface area contributed by atoms with Crippen molar-refractivity contribution in [2.75, 3.05) is 0 Å². The van der Waals surface area contributed by atoms with Crippen molar-refractivity contribution in [1.29, 1.82) is 0 Å². The molecule has 126 valence electrons. The average Bonchev–Trinajstić information content (AvgIpc) is 2.93. The van der Waals surface area contributed by atoms with E-state index in [0.717, 1.165) is 35.5 Å². The third kappa shape index (κ3) is 1.98. The molecule has 4 nitrogen and oxygen atoms in total. The predicted molar refractivity (Wildman–Crippen MR) is 106 cm³/mol. The van der Waals surface area contributed by atoms with Gasteiger partial charge < -0.3 is 10.4 Å². The molecular formula is C21H13BrN2O2. The molecule has 0 saturated heterocycles. The van der Waals surface area contributed by atoms with E-state index >= 15 is 0 Å². The van der Waals surface area contributed by atoms with Crippen LogP contribution in [0.25, 0.3) is 44.0 Å². The largest absolute Gasteiger partial charge is 0.710 e. The van der Waals surface area contributed by atoms with Crippen molar-refractivity contribution >= 4 is 48.5 Å². The zero-order valence-electron chi connectivity index (χ0n) is 13.6. The second kappa shape index (κ2) is 5.47. The van der Waals surface area contributed by atoms with Crippen LogP contribution < -0.4 is 4.73 Å². The number of nitrogens with zero attached hydrogens (tertiary/aromatic N) is 2. The smallest absolute Gasteiger partial charge is 0.332 e. The number of rotatable bonds is 1. The van der Waals surface area contributed by atoms with E-state index in [-0.39, 0.29) is 5.82 Å². The molecule has 0 aliphatic heterocycles. The van der Waals surface area contributed by atoms with Gasteiger partial charge in [-0.25, -0.2) is 4.73 Å². The summed E-state index contributed by atoms with van der Waals surface area (Å²) in [7, 11) is 0. The molecule has 5 aromatic rings. The van der Waals surface area contributed by atoms with Crippen LogP contribution in [0.1, 0.15) is 0 Å². The number of fused-ring (bicyclic) bond motifs is 6. The number of hydrogen-bond acceptors (Lipinski definition) is 2. The first-order valence-corrected chi connectivity index (χ1v) is 8.99. The van der Waals surface area contributed by atoms with E-state index in [0.29, 0.717) is 16.6 Å². The molecule has 0 unspecified atom stereocenters. The van der Waals surface area contributed by atoms with Crippen LogP contribution in [0, 0.1) is 5.21 Å². The van der Waals surface area contributed by atoms with Crippen LogP contribution >= 0.6 is 15.9 Å². The highest BCUT2D eigenvalue weighted by Gasteiger charge is 2.27. The summed E-state index contributed by atoms with van der Waals surface area (Å²) in [5, 5.41) is 27.9. The fraction of sp³-hybridized carbons (Fsp3) is 0. The van der Waals surface area contributed by atoms with E-state index in [2.05, 4.69) is 15.9 Å². The van der Waals surface area contributed by atoms with Gasteiger partial charge in [0.1, 0.15) is 0 Å². The quantitative estimate of drug-likeness (QED) is 0.179. The van der Waals surface area contributed by atoms with Gasteiger partial charge >= 0.3 is 5.82 Å². The molecule has 0 atom stereocenters. The van der Waals surface area contributed by atoms with Crippen molar-refractivity contribution < 1.29 is 9.94 Å². The normalized spacial score (nSPS) is 11.6. The standard InChI is InChI=1S/C21H13BrN2O2/c22-14-7-5-6-13(12-14)21-23(25)19-17-10-3-1-8-15(17)16-9-2-4-11-18(16)20(19)24(21)26/h1-12,25H. The molecule has 1 N–H and O–H groups in total. The van der Waals surface area contributed by atoms with Crippen LogP contribution in [-0.4, -0.2) is 9.94 Å². The summed E-state index contributed by atoms with van der Waals surface area (Å²) < 4.78 is 2.68. The third-order valence-electron chi connectivity index (χ3n) is 4.77. The van der Waals surface area contributed by atoms with E-state index in [1.165, 1.54) is 0 Å². The second-order valence-electron chi connectivity index (χ2n) is 6.23. The van der Waals surface area contributed by atoms with Gasteiger partial charge in [0, 0.05) is 15.2 Å². The highest BCUT2D eigenvalue weighted by molar-refractivity contribution is 9.10. The molecule has 26 heavy (non-hydrogen) atoms. The van der Waals surface area contributed by atoms with Gasteiger partial charge in [-0.15, -0.1) is 0 Å². The highest BCUT2D eigenvalue weighted by Crippen LogP contribution is 2.35. The Kier molecular flexibility index (Phi) is 3.21. The molecule has 4 aromatic carbocycles. The van der Waals surface area contributed by atoms with E-state index < -0.39 is 0 Å². The zero-order valence-corrected chi connectivity index (χ0v) is 15.1. The SMILES string of the molecule is [O-][n+]1c(-c2cccc(Br)c2)n(O)c2c3ccccc3c3ccccc3c21. The van der Waals surface area contributed by atoms with E-state index in [1.54, 1.807) is 0 Å². The maximum Gasteiger partial charge on any atom is 0.332 e. The Morgan fingerprint density at radius 1 is 0.808 bits per heavy atom. The number of imidazole rings is 1. The number of benzene rings is 4. The van der Waals surface area contributed by atoms with Crippen molar-refractivity contribution in [3.63, 3.8) is 0 Å². The van der Waals surface area contributed by atoms with Crippen molar-refractivity contribution in [3.05, 3.63) is 82.5 Å². The first-order valence-electron chi connectivity index (χ1n) is 8.19. The lowest BCUT2D eigenvalue weighted by Crippen LogP contribution is -2.28. The molecule has 0 amide bonds. The van der Waals surface area contributed by atoms with Gasteiger partial charge in [-0.2, -0.15) is 0 Å². The van der Waals surface area contributed by atoms with Crippen LogP contribution in [-0.2, 0) is 0 Å². The van der Waals surface area contributed by atoms with Crippen LogP contribution in [0.15, 0.2) is 77.3 Å². The number of hydrogen-bond donors (Lipinski definition) is 1. The molecule has 0 aliphatic rings. The minimum absolute atomic E-state index is 0.197. The first-order chi connectivity index (χ1) is 12.7. The summed E-state index contributed by atoms with van der Waals surface area (Å²) >= 11 is 3.43.